The summed E-state index contributed by atoms with van der Waals surface area (Å²) >= 11 is 0. The molecule has 0 atom stereocenters. The maximum Gasteiger partial charge on any atom is 0.472 e. The highest BCUT2D eigenvalue weighted by atomic mass is 31.2. The van der Waals surface area contributed by atoms with Crippen LogP contribution in [0.5, 0.6) is 17.2 Å². The van der Waals surface area contributed by atoms with E-state index in [-0.39, 0.29) is 29.6 Å². The Bertz CT molecular complexity index is 1490. The van der Waals surface area contributed by atoms with E-state index >= 15 is 0 Å². The molecule has 12 heteroatoms. The number of carbonyl (C=O) groups excluding carboxylic acids is 1. The maximum absolute atomic E-state index is 14.3. The molecule has 4 rings (SSSR count). The fraction of sp³-hybridized carbons (Fsp3) is 0.214. The predicted octanol–water partition coefficient (Wildman–Crippen LogP) is 4.72. The molecule has 3 N–H and O–H groups in total. The van der Waals surface area contributed by atoms with Crippen LogP contribution in [0.15, 0.2) is 60.4 Å². The fourth-order valence-electron chi connectivity index (χ4n) is 4.35. The number of methoxy groups -OCH3 is 2. The SMILES string of the molecule is COc1cc(C=C2C(C)=C(CC(=O)NCc3cccnc3)c3cc(F)ccc32)cc(OC)c1OCOP(=O)(O)O. The van der Waals surface area contributed by atoms with Gasteiger partial charge < -0.3 is 29.3 Å². The number of nitrogens with zero attached hydrogens (tertiary/aromatic N) is 1. The van der Waals surface area contributed by atoms with Crippen molar-refractivity contribution in [2.45, 2.75) is 19.9 Å². The number of rotatable bonds is 11. The van der Waals surface area contributed by atoms with E-state index in [1.165, 1.54) is 26.4 Å². The van der Waals surface area contributed by atoms with Gasteiger partial charge in [-0.2, -0.15) is 0 Å². The molecular weight excluding hydrogens is 542 g/mol. The van der Waals surface area contributed by atoms with Crippen LogP contribution in [-0.2, 0) is 20.4 Å². The lowest BCUT2D eigenvalue weighted by atomic mass is 10.00. The van der Waals surface area contributed by atoms with Gasteiger partial charge in [-0.15, -0.1) is 0 Å². The minimum absolute atomic E-state index is 0.0544. The van der Waals surface area contributed by atoms with Crippen LogP contribution in [0.1, 0.15) is 35.6 Å². The second kappa shape index (κ2) is 12.4. The highest BCUT2D eigenvalue weighted by Gasteiger charge is 2.26. The normalized spacial score (nSPS) is 13.8. The lowest BCUT2D eigenvalue weighted by molar-refractivity contribution is -0.120. The van der Waals surface area contributed by atoms with Crippen molar-refractivity contribution >= 4 is 31.0 Å². The van der Waals surface area contributed by atoms with Crippen LogP contribution in [0.2, 0.25) is 0 Å². The topological polar surface area (TPSA) is 136 Å². The van der Waals surface area contributed by atoms with Crippen LogP contribution in [0, 0.1) is 5.82 Å². The van der Waals surface area contributed by atoms with Crippen molar-refractivity contribution < 1.29 is 42.3 Å². The van der Waals surface area contributed by atoms with E-state index in [4.69, 9.17) is 24.0 Å². The van der Waals surface area contributed by atoms with E-state index in [2.05, 4.69) is 14.8 Å². The van der Waals surface area contributed by atoms with Crippen LogP contribution < -0.4 is 19.5 Å². The quantitative estimate of drug-likeness (QED) is 0.221. The van der Waals surface area contributed by atoms with Gasteiger partial charge in [0.2, 0.25) is 18.4 Å². The molecule has 210 valence electrons. The zero-order chi connectivity index (χ0) is 28.9. The number of phosphoric acid groups is 1. The Hall–Kier alpha value is -4.02. The van der Waals surface area contributed by atoms with Crippen molar-refractivity contribution in [2.75, 3.05) is 21.0 Å². The average Bonchev–Trinajstić information content (AvgIpc) is 3.17. The summed E-state index contributed by atoms with van der Waals surface area (Å²) < 4.78 is 45.9. The third kappa shape index (κ3) is 6.94. The summed E-state index contributed by atoms with van der Waals surface area (Å²) in [6.45, 7) is 1.47. The first-order chi connectivity index (χ1) is 19.1. The largest absolute Gasteiger partial charge is 0.493 e. The van der Waals surface area contributed by atoms with Crippen molar-refractivity contribution in [3.8, 4) is 17.2 Å². The molecule has 0 spiro atoms. The number of pyridine rings is 1. The van der Waals surface area contributed by atoms with Gasteiger partial charge in [-0.1, -0.05) is 12.1 Å². The highest BCUT2D eigenvalue weighted by molar-refractivity contribution is 7.46. The molecule has 0 aliphatic heterocycles. The zero-order valence-corrected chi connectivity index (χ0v) is 22.9. The van der Waals surface area contributed by atoms with Crippen LogP contribution >= 0.6 is 7.82 Å². The van der Waals surface area contributed by atoms with E-state index in [9.17, 15) is 13.8 Å². The third-order valence-electron chi connectivity index (χ3n) is 6.22. The van der Waals surface area contributed by atoms with Crippen LogP contribution in [-0.4, -0.2) is 41.7 Å². The van der Waals surface area contributed by atoms with Crippen molar-refractivity contribution in [3.05, 3.63) is 88.5 Å². The standard InChI is InChI=1S/C28H28FN2O8P/c1-17-22(9-19-10-25(36-2)28(26(11-19)37-3)38-16-39-40(33,34)35)21-7-6-20(29)12-24(21)23(17)13-27(32)31-15-18-5-4-8-30-14-18/h4-12,14H,13,15-16H2,1-3H3,(H,31,32)(H2,33,34,35). The number of carbonyl (C=O) groups is 1. The number of allylic oxidation sites excluding steroid dienone is 2. The third-order valence-corrected chi connectivity index (χ3v) is 6.66. The maximum atomic E-state index is 14.3. The number of aromatic nitrogens is 1. The summed E-state index contributed by atoms with van der Waals surface area (Å²) in [7, 11) is -1.92. The molecular formula is C28H28FN2O8P. The Labute approximate surface area is 230 Å². The molecule has 10 nitrogen and oxygen atoms in total. The summed E-state index contributed by atoms with van der Waals surface area (Å²) in [5, 5.41) is 2.89. The second-order valence-electron chi connectivity index (χ2n) is 8.80. The molecule has 0 radical (unpaired) electrons. The Kier molecular flexibility index (Phi) is 9.01. The molecule has 0 bridgehead atoms. The number of hydrogen-bond acceptors (Lipinski definition) is 7. The molecule has 1 aliphatic rings. The molecule has 1 aromatic heterocycles. The lowest BCUT2D eigenvalue weighted by Crippen LogP contribution is -2.22. The Morgan fingerprint density at radius 3 is 2.45 bits per heavy atom. The zero-order valence-electron chi connectivity index (χ0n) is 22.0. The van der Waals surface area contributed by atoms with Crippen molar-refractivity contribution in [3.63, 3.8) is 0 Å². The van der Waals surface area contributed by atoms with Gasteiger partial charge in [-0.05, 0) is 82.3 Å². The van der Waals surface area contributed by atoms with Crippen molar-refractivity contribution in [2.24, 2.45) is 0 Å². The van der Waals surface area contributed by atoms with Gasteiger partial charge in [0.25, 0.3) is 0 Å². The summed E-state index contributed by atoms with van der Waals surface area (Å²) in [6.07, 6.45) is 5.24. The predicted molar refractivity (Wildman–Crippen MR) is 146 cm³/mol. The molecule has 3 aromatic rings. The molecule has 1 aliphatic carbocycles. The van der Waals surface area contributed by atoms with Gasteiger partial charge >= 0.3 is 7.82 Å². The molecule has 0 saturated heterocycles. The summed E-state index contributed by atoms with van der Waals surface area (Å²) in [5.41, 5.74) is 5.21. The minimum Gasteiger partial charge on any atom is -0.493 e. The number of fused-ring (bicyclic) bond motifs is 1. The lowest BCUT2D eigenvalue weighted by Gasteiger charge is -2.16. The van der Waals surface area contributed by atoms with Gasteiger partial charge in [0.05, 0.1) is 20.6 Å². The fourth-order valence-corrected chi connectivity index (χ4v) is 4.54. The molecule has 0 fully saturated rings. The van der Waals surface area contributed by atoms with Gasteiger partial charge in [0.15, 0.2) is 11.5 Å². The van der Waals surface area contributed by atoms with E-state index < -0.39 is 20.4 Å². The van der Waals surface area contributed by atoms with Gasteiger partial charge in [0.1, 0.15) is 5.82 Å². The first-order valence-electron chi connectivity index (χ1n) is 12.1. The number of benzene rings is 2. The first kappa shape index (κ1) is 29.0. The van der Waals surface area contributed by atoms with E-state index in [1.807, 2.05) is 19.1 Å². The van der Waals surface area contributed by atoms with Gasteiger partial charge in [0, 0.05) is 18.9 Å². The summed E-state index contributed by atoms with van der Waals surface area (Å²) in [4.78, 5) is 34.7. The Morgan fingerprint density at radius 1 is 1.10 bits per heavy atom. The van der Waals surface area contributed by atoms with E-state index in [1.54, 1.807) is 36.7 Å². The Morgan fingerprint density at radius 2 is 1.82 bits per heavy atom. The van der Waals surface area contributed by atoms with Crippen molar-refractivity contribution in [1.82, 2.24) is 10.3 Å². The Balaban J connectivity index is 1.65. The summed E-state index contributed by atoms with van der Waals surface area (Å²) in [5.74, 6) is -0.0721. The molecule has 40 heavy (non-hydrogen) atoms. The second-order valence-corrected chi connectivity index (χ2v) is 10.0. The number of halogens is 1. The van der Waals surface area contributed by atoms with Gasteiger partial charge in [-0.3, -0.25) is 9.78 Å². The molecule has 1 amide bonds. The average molecular weight is 571 g/mol. The number of nitrogens with one attached hydrogen (secondary N) is 1. The molecule has 0 unspecified atom stereocenters. The molecule has 2 aromatic carbocycles. The van der Waals surface area contributed by atoms with E-state index in [0.29, 0.717) is 23.2 Å². The summed E-state index contributed by atoms with van der Waals surface area (Å²) in [6, 6.07) is 11.4. The number of amides is 1. The van der Waals surface area contributed by atoms with Crippen molar-refractivity contribution in [1.29, 1.82) is 0 Å². The highest BCUT2D eigenvalue weighted by Crippen LogP contribution is 2.46. The molecule has 1 heterocycles. The van der Waals surface area contributed by atoms with E-state index in [0.717, 1.165) is 22.3 Å². The van der Waals surface area contributed by atoms with Gasteiger partial charge in [-0.25, -0.2) is 13.5 Å². The monoisotopic (exact) mass is 570 g/mol. The number of hydrogen-bond donors (Lipinski definition) is 3. The minimum atomic E-state index is -4.74. The first-order valence-corrected chi connectivity index (χ1v) is 13.6. The van der Waals surface area contributed by atoms with Crippen LogP contribution in [0.25, 0.3) is 17.2 Å². The van der Waals surface area contributed by atoms with Crippen LogP contribution in [0.4, 0.5) is 4.39 Å². The number of phosphoric ester groups is 1. The molecule has 0 saturated carbocycles. The number of ether oxygens (including phenoxy) is 3. The smallest absolute Gasteiger partial charge is 0.472 e. The van der Waals surface area contributed by atoms with Crippen LogP contribution in [0.3, 0.4) is 0 Å².